The third kappa shape index (κ3) is 3.03. The molecule has 2 aromatic carbocycles. The number of hydrogen-bond acceptors (Lipinski definition) is 5. The Labute approximate surface area is 164 Å². The number of rotatable bonds is 4. The van der Waals surface area contributed by atoms with Crippen molar-refractivity contribution in [1.29, 1.82) is 0 Å². The van der Waals surface area contributed by atoms with Crippen molar-refractivity contribution < 1.29 is 19.1 Å². The van der Waals surface area contributed by atoms with Crippen molar-refractivity contribution in [3.63, 3.8) is 0 Å². The first-order valence-corrected chi connectivity index (χ1v) is 9.43. The number of fused-ring (bicyclic) bond motifs is 1. The molecule has 0 N–H and O–H groups in total. The Hall–Kier alpha value is -2.86. The Bertz CT molecular complexity index is 940. The average Bonchev–Trinajstić information content (AvgIpc) is 3.01. The lowest BCUT2D eigenvalue weighted by molar-refractivity contribution is -0.123. The van der Waals surface area contributed by atoms with Crippen LogP contribution in [0.25, 0.3) is 0 Å². The van der Waals surface area contributed by atoms with Gasteiger partial charge in [-0.25, -0.2) is 4.90 Å². The number of ether oxygens (including phenoxy) is 2. The maximum absolute atomic E-state index is 13.1. The molecule has 1 atom stereocenters. The molecule has 2 aliphatic rings. The molecule has 6 nitrogen and oxygen atoms in total. The predicted molar refractivity (Wildman–Crippen MR) is 106 cm³/mol. The monoisotopic (exact) mass is 380 g/mol. The number of imide groups is 1. The number of carbonyl (C=O) groups is 2. The zero-order valence-electron chi connectivity index (χ0n) is 16.4. The SMILES string of the molecule is COc1cc2c(cc1OC)CN([C@@H]1CC(=O)N(c3ccccc3C)C1=O)CC2. The molecule has 4 rings (SSSR count). The van der Waals surface area contributed by atoms with Crippen LogP contribution >= 0.6 is 0 Å². The molecule has 0 radical (unpaired) electrons. The minimum absolute atomic E-state index is 0.136. The number of anilines is 1. The standard InChI is InChI=1S/C22H24N2O4/c1-14-6-4-5-7-17(14)24-21(25)12-18(22(24)26)23-9-8-15-10-19(27-2)20(28-3)11-16(15)13-23/h4-7,10-11,18H,8-9,12-13H2,1-3H3/t18-/m1/s1. The summed E-state index contributed by atoms with van der Waals surface area (Å²) in [6.45, 7) is 3.26. The van der Waals surface area contributed by atoms with E-state index in [-0.39, 0.29) is 18.2 Å². The van der Waals surface area contributed by atoms with Gasteiger partial charge in [-0.15, -0.1) is 0 Å². The van der Waals surface area contributed by atoms with E-state index in [4.69, 9.17) is 9.47 Å². The second kappa shape index (κ2) is 7.28. The van der Waals surface area contributed by atoms with Gasteiger partial charge in [0.25, 0.3) is 5.91 Å². The Morgan fingerprint density at radius 2 is 1.68 bits per heavy atom. The zero-order chi connectivity index (χ0) is 19.8. The van der Waals surface area contributed by atoms with E-state index in [1.165, 1.54) is 10.5 Å². The average molecular weight is 380 g/mol. The van der Waals surface area contributed by atoms with Gasteiger partial charge in [-0.2, -0.15) is 0 Å². The Morgan fingerprint density at radius 3 is 2.36 bits per heavy atom. The summed E-state index contributed by atoms with van der Waals surface area (Å²) < 4.78 is 10.8. The summed E-state index contributed by atoms with van der Waals surface area (Å²) in [5, 5.41) is 0. The second-order valence-corrected chi connectivity index (χ2v) is 7.27. The molecule has 28 heavy (non-hydrogen) atoms. The highest BCUT2D eigenvalue weighted by Crippen LogP contribution is 2.35. The predicted octanol–water partition coefficient (Wildman–Crippen LogP) is 2.70. The number of hydrogen-bond donors (Lipinski definition) is 0. The van der Waals surface area contributed by atoms with Gasteiger partial charge in [-0.05, 0) is 48.2 Å². The molecule has 0 aliphatic carbocycles. The van der Waals surface area contributed by atoms with Crippen LogP contribution in [0.15, 0.2) is 36.4 Å². The highest BCUT2D eigenvalue weighted by atomic mass is 16.5. The quantitative estimate of drug-likeness (QED) is 0.764. The molecule has 2 aromatic rings. The molecular weight excluding hydrogens is 356 g/mol. The van der Waals surface area contributed by atoms with E-state index in [1.54, 1.807) is 14.2 Å². The second-order valence-electron chi connectivity index (χ2n) is 7.27. The van der Waals surface area contributed by atoms with Crippen molar-refractivity contribution in [3.8, 4) is 11.5 Å². The molecule has 146 valence electrons. The zero-order valence-corrected chi connectivity index (χ0v) is 16.4. The molecule has 0 saturated carbocycles. The number of aryl methyl sites for hydroxylation is 1. The van der Waals surface area contributed by atoms with Crippen molar-refractivity contribution in [3.05, 3.63) is 53.1 Å². The van der Waals surface area contributed by atoms with E-state index >= 15 is 0 Å². The fourth-order valence-corrected chi connectivity index (χ4v) is 4.14. The molecule has 1 fully saturated rings. The third-order valence-corrected chi connectivity index (χ3v) is 5.67. The van der Waals surface area contributed by atoms with Crippen molar-refractivity contribution in [2.45, 2.75) is 32.4 Å². The van der Waals surface area contributed by atoms with Gasteiger partial charge < -0.3 is 9.47 Å². The van der Waals surface area contributed by atoms with Crippen LogP contribution in [0.5, 0.6) is 11.5 Å². The van der Waals surface area contributed by atoms with Gasteiger partial charge in [0, 0.05) is 13.1 Å². The van der Waals surface area contributed by atoms with Crippen LogP contribution in [0.3, 0.4) is 0 Å². The van der Waals surface area contributed by atoms with E-state index in [0.717, 1.165) is 24.1 Å². The van der Waals surface area contributed by atoms with E-state index in [9.17, 15) is 9.59 Å². The van der Waals surface area contributed by atoms with Crippen molar-refractivity contribution in [2.75, 3.05) is 25.7 Å². The lowest BCUT2D eigenvalue weighted by Crippen LogP contribution is -2.44. The molecule has 2 heterocycles. The lowest BCUT2D eigenvalue weighted by atomic mass is 9.97. The lowest BCUT2D eigenvalue weighted by Gasteiger charge is -2.32. The fourth-order valence-electron chi connectivity index (χ4n) is 4.14. The van der Waals surface area contributed by atoms with E-state index in [2.05, 4.69) is 4.90 Å². The number of carbonyl (C=O) groups excluding carboxylic acids is 2. The van der Waals surface area contributed by atoms with E-state index in [0.29, 0.717) is 23.7 Å². The topological polar surface area (TPSA) is 59.1 Å². The van der Waals surface area contributed by atoms with Crippen LogP contribution in [0.4, 0.5) is 5.69 Å². The van der Waals surface area contributed by atoms with Crippen LogP contribution in [0.2, 0.25) is 0 Å². The molecule has 2 amide bonds. The first-order chi connectivity index (χ1) is 13.5. The van der Waals surface area contributed by atoms with Crippen molar-refractivity contribution in [1.82, 2.24) is 4.90 Å². The van der Waals surface area contributed by atoms with Gasteiger partial charge in [0.15, 0.2) is 11.5 Å². The molecule has 1 saturated heterocycles. The molecule has 2 aliphatic heterocycles. The van der Waals surface area contributed by atoms with Gasteiger partial charge in [-0.1, -0.05) is 18.2 Å². The normalized spacial score (nSPS) is 19.7. The Kier molecular flexibility index (Phi) is 4.81. The summed E-state index contributed by atoms with van der Waals surface area (Å²) in [6.07, 6.45) is 1.02. The minimum atomic E-state index is -0.423. The number of benzene rings is 2. The van der Waals surface area contributed by atoms with Crippen LogP contribution in [0, 0.1) is 6.92 Å². The van der Waals surface area contributed by atoms with E-state index < -0.39 is 6.04 Å². The van der Waals surface area contributed by atoms with Crippen molar-refractivity contribution in [2.24, 2.45) is 0 Å². The first-order valence-electron chi connectivity index (χ1n) is 9.43. The largest absolute Gasteiger partial charge is 0.493 e. The number of nitrogens with zero attached hydrogens (tertiary/aromatic N) is 2. The highest BCUT2D eigenvalue weighted by Gasteiger charge is 2.43. The minimum Gasteiger partial charge on any atom is -0.493 e. The fraction of sp³-hybridized carbons (Fsp3) is 0.364. The summed E-state index contributed by atoms with van der Waals surface area (Å²) in [6, 6.07) is 11.1. The summed E-state index contributed by atoms with van der Waals surface area (Å²) in [4.78, 5) is 29.2. The molecule has 0 unspecified atom stereocenters. The Balaban J connectivity index is 1.59. The van der Waals surface area contributed by atoms with Crippen LogP contribution < -0.4 is 14.4 Å². The third-order valence-electron chi connectivity index (χ3n) is 5.67. The maximum Gasteiger partial charge on any atom is 0.251 e. The summed E-state index contributed by atoms with van der Waals surface area (Å²) in [5.74, 6) is 1.12. The van der Waals surface area contributed by atoms with Gasteiger partial charge in [0.1, 0.15) is 0 Å². The van der Waals surface area contributed by atoms with Crippen LogP contribution in [-0.2, 0) is 22.6 Å². The first kappa shape index (κ1) is 18.5. The van der Waals surface area contributed by atoms with Gasteiger partial charge in [-0.3, -0.25) is 14.5 Å². The number of amides is 2. The van der Waals surface area contributed by atoms with Crippen LogP contribution in [0.1, 0.15) is 23.1 Å². The summed E-state index contributed by atoms with van der Waals surface area (Å²) in [7, 11) is 3.24. The molecule has 6 heteroatoms. The van der Waals surface area contributed by atoms with Gasteiger partial charge in [0.2, 0.25) is 5.91 Å². The van der Waals surface area contributed by atoms with Gasteiger partial charge in [0.05, 0.1) is 32.4 Å². The van der Waals surface area contributed by atoms with Crippen molar-refractivity contribution >= 4 is 17.5 Å². The smallest absolute Gasteiger partial charge is 0.251 e. The molecule has 0 bridgehead atoms. The molecule has 0 spiro atoms. The van der Waals surface area contributed by atoms with E-state index in [1.807, 2.05) is 43.3 Å². The number of methoxy groups -OCH3 is 2. The highest BCUT2D eigenvalue weighted by molar-refractivity contribution is 6.22. The number of para-hydroxylation sites is 1. The summed E-state index contributed by atoms with van der Waals surface area (Å²) >= 11 is 0. The molecule has 0 aromatic heterocycles. The summed E-state index contributed by atoms with van der Waals surface area (Å²) in [5.41, 5.74) is 3.91. The Morgan fingerprint density at radius 1 is 1.00 bits per heavy atom. The van der Waals surface area contributed by atoms with Gasteiger partial charge >= 0.3 is 0 Å². The van der Waals surface area contributed by atoms with Crippen LogP contribution in [-0.4, -0.2) is 43.5 Å². The molecular formula is C22H24N2O4. The maximum atomic E-state index is 13.1.